The predicted molar refractivity (Wildman–Crippen MR) is 95.1 cm³/mol. The van der Waals surface area contributed by atoms with E-state index in [1.807, 2.05) is 0 Å². The van der Waals surface area contributed by atoms with Crippen LogP contribution in [-0.4, -0.2) is 76.9 Å². The van der Waals surface area contributed by atoms with Crippen molar-refractivity contribution in [1.29, 1.82) is 0 Å². The summed E-state index contributed by atoms with van der Waals surface area (Å²) in [5.41, 5.74) is 0. The Kier molecular flexibility index (Phi) is 6.05. The molecule has 0 unspecified atom stereocenters. The van der Waals surface area contributed by atoms with Crippen molar-refractivity contribution in [2.45, 2.75) is 44.7 Å². The highest BCUT2D eigenvalue weighted by Crippen LogP contribution is 2.27. The van der Waals surface area contributed by atoms with Crippen LogP contribution in [-0.2, 0) is 23.9 Å². The van der Waals surface area contributed by atoms with Gasteiger partial charge in [0.1, 0.15) is 12.1 Å². The summed E-state index contributed by atoms with van der Waals surface area (Å²) in [6, 6.07) is -0.991. The smallest absolute Gasteiger partial charge is 0.309 e. The molecule has 26 heavy (non-hydrogen) atoms. The van der Waals surface area contributed by atoms with Gasteiger partial charge in [-0.1, -0.05) is 0 Å². The molecule has 0 aromatic carbocycles. The van der Waals surface area contributed by atoms with Crippen molar-refractivity contribution in [3.05, 3.63) is 0 Å². The van der Waals surface area contributed by atoms with Gasteiger partial charge in [0.15, 0.2) is 0 Å². The Labute approximate surface area is 157 Å². The quantitative estimate of drug-likeness (QED) is 0.685. The molecule has 0 spiro atoms. The average molecular weight is 383 g/mol. The average Bonchev–Trinajstić information content (AvgIpc) is 3.30. The molecule has 3 heterocycles. The number of amides is 3. The highest BCUT2D eigenvalue weighted by Gasteiger charge is 2.42. The van der Waals surface area contributed by atoms with Crippen molar-refractivity contribution in [3.63, 3.8) is 0 Å². The lowest BCUT2D eigenvalue weighted by Gasteiger charge is -2.35. The fourth-order valence-corrected chi connectivity index (χ4v) is 4.83. The summed E-state index contributed by atoms with van der Waals surface area (Å²) in [4.78, 5) is 52.1. The van der Waals surface area contributed by atoms with E-state index in [4.69, 9.17) is 4.74 Å². The Balaban J connectivity index is 1.56. The molecule has 3 aliphatic rings. The minimum absolute atomic E-state index is 0.0602. The number of hydrogen-bond acceptors (Lipinski definition) is 6. The number of carbonyl (C=O) groups is 4. The van der Waals surface area contributed by atoms with Gasteiger partial charge in [-0.25, -0.2) is 0 Å². The molecule has 0 aromatic rings. The molecule has 3 amide bonds. The van der Waals surface area contributed by atoms with Gasteiger partial charge in [-0.05, 0) is 26.2 Å². The second kappa shape index (κ2) is 8.28. The molecule has 8 nitrogen and oxygen atoms in total. The van der Waals surface area contributed by atoms with E-state index in [0.717, 1.165) is 0 Å². The van der Waals surface area contributed by atoms with E-state index in [-0.39, 0.29) is 29.6 Å². The van der Waals surface area contributed by atoms with Crippen molar-refractivity contribution >= 4 is 35.5 Å². The molecule has 3 rings (SSSR count). The fraction of sp³-hybridized carbons (Fsp3) is 0.765. The van der Waals surface area contributed by atoms with Crippen LogP contribution >= 0.6 is 11.8 Å². The number of piperidine rings is 1. The van der Waals surface area contributed by atoms with E-state index in [1.54, 1.807) is 28.5 Å². The first-order chi connectivity index (χ1) is 12.5. The van der Waals surface area contributed by atoms with Crippen LogP contribution in [0.25, 0.3) is 0 Å². The van der Waals surface area contributed by atoms with Gasteiger partial charge >= 0.3 is 5.97 Å². The number of likely N-dealkylation sites (tertiary alicyclic amines) is 1. The second-order valence-corrected chi connectivity index (χ2v) is 7.83. The molecule has 9 heteroatoms. The summed E-state index contributed by atoms with van der Waals surface area (Å²) in [5.74, 6) is 0.368. The summed E-state index contributed by atoms with van der Waals surface area (Å²) >= 11 is 1.55. The molecule has 144 valence electrons. The molecule has 2 atom stereocenters. The standard InChI is InChI=1S/C17H25N3O5S/c1-2-25-17(24)11-5-7-19(8-6-11)16(23)13-9-26-10-20(13)15(22)12-3-4-14(21)18-12/h11-13H,2-10H2,1H3,(H,18,21)/t12-,13-/m1/s1. The summed E-state index contributed by atoms with van der Waals surface area (Å²) in [6.07, 6.45) is 2.04. The van der Waals surface area contributed by atoms with E-state index >= 15 is 0 Å². The van der Waals surface area contributed by atoms with Crippen molar-refractivity contribution in [2.75, 3.05) is 31.3 Å². The van der Waals surface area contributed by atoms with Crippen LogP contribution in [0.1, 0.15) is 32.6 Å². The van der Waals surface area contributed by atoms with E-state index in [0.29, 0.717) is 57.0 Å². The molecule has 0 aromatic heterocycles. The lowest BCUT2D eigenvalue weighted by atomic mass is 9.96. The molecular formula is C17H25N3O5S. The molecule has 3 fully saturated rings. The van der Waals surface area contributed by atoms with Crippen LogP contribution in [0.5, 0.6) is 0 Å². The summed E-state index contributed by atoms with van der Waals surface area (Å²) in [5, 5.41) is 2.68. The number of hydrogen-bond donors (Lipinski definition) is 1. The van der Waals surface area contributed by atoms with E-state index in [1.165, 1.54) is 0 Å². The number of thioether (sulfide) groups is 1. The van der Waals surface area contributed by atoms with Crippen LogP contribution in [0.4, 0.5) is 0 Å². The van der Waals surface area contributed by atoms with Crippen LogP contribution in [0.3, 0.4) is 0 Å². The van der Waals surface area contributed by atoms with Crippen LogP contribution in [0.2, 0.25) is 0 Å². The number of rotatable bonds is 4. The normalized spacial score (nSPS) is 26.7. The third-order valence-electron chi connectivity index (χ3n) is 5.17. The predicted octanol–water partition coefficient (Wildman–Crippen LogP) is -0.0318. The summed E-state index contributed by atoms with van der Waals surface area (Å²) in [6.45, 7) is 3.16. The lowest BCUT2D eigenvalue weighted by Crippen LogP contribution is -2.54. The first kappa shape index (κ1) is 19.0. The van der Waals surface area contributed by atoms with E-state index < -0.39 is 12.1 Å². The van der Waals surface area contributed by atoms with Gasteiger partial charge in [-0.3, -0.25) is 19.2 Å². The van der Waals surface area contributed by atoms with Crippen LogP contribution < -0.4 is 5.32 Å². The highest BCUT2D eigenvalue weighted by molar-refractivity contribution is 7.99. The molecule has 0 radical (unpaired) electrons. The molecular weight excluding hydrogens is 358 g/mol. The van der Waals surface area contributed by atoms with Gasteiger partial charge in [-0.15, -0.1) is 11.8 Å². The monoisotopic (exact) mass is 383 g/mol. The highest BCUT2D eigenvalue weighted by atomic mass is 32.2. The second-order valence-electron chi connectivity index (χ2n) is 6.83. The first-order valence-electron chi connectivity index (χ1n) is 9.14. The molecule has 0 saturated carbocycles. The van der Waals surface area contributed by atoms with E-state index in [2.05, 4.69) is 5.32 Å². The van der Waals surface area contributed by atoms with E-state index in [9.17, 15) is 19.2 Å². The third kappa shape index (κ3) is 3.97. The van der Waals surface area contributed by atoms with Gasteiger partial charge in [0, 0.05) is 25.3 Å². The van der Waals surface area contributed by atoms with Crippen molar-refractivity contribution in [2.24, 2.45) is 5.92 Å². The molecule has 0 bridgehead atoms. The Morgan fingerprint density at radius 3 is 2.54 bits per heavy atom. The zero-order valence-electron chi connectivity index (χ0n) is 14.9. The van der Waals surface area contributed by atoms with Crippen molar-refractivity contribution < 1.29 is 23.9 Å². The molecule has 0 aliphatic carbocycles. The Morgan fingerprint density at radius 2 is 1.92 bits per heavy atom. The molecule has 3 aliphatic heterocycles. The maximum absolute atomic E-state index is 12.9. The maximum Gasteiger partial charge on any atom is 0.309 e. The Morgan fingerprint density at radius 1 is 1.19 bits per heavy atom. The number of nitrogens with zero attached hydrogens (tertiary/aromatic N) is 2. The van der Waals surface area contributed by atoms with Crippen LogP contribution in [0, 0.1) is 5.92 Å². The summed E-state index contributed by atoms with van der Waals surface area (Å²) < 4.78 is 5.06. The topological polar surface area (TPSA) is 96.0 Å². The lowest BCUT2D eigenvalue weighted by molar-refractivity contribution is -0.152. The maximum atomic E-state index is 12.9. The summed E-state index contributed by atoms with van der Waals surface area (Å²) in [7, 11) is 0. The van der Waals surface area contributed by atoms with Crippen molar-refractivity contribution in [1.82, 2.24) is 15.1 Å². The molecule has 3 saturated heterocycles. The van der Waals surface area contributed by atoms with Gasteiger partial charge in [0.05, 0.1) is 18.4 Å². The zero-order chi connectivity index (χ0) is 18.7. The zero-order valence-corrected chi connectivity index (χ0v) is 15.8. The van der Waals surface area contributed by atoms with Crippen molar-refractivity contribution in [3.8, 4) is 0 Å². The SMILES string of the molecule is CCOC(=O)C1CCN(C(=O)[C@H]2CSCN2C(=O)[C@H]2CCC(=O)N2)CC1. The first-order valence-corrected chi connectivity index (χ1v) is 10.3. The van der Waals surface area contributed by atoms with Crippen LogP contribution in [0.15, 0.2) is 0 Å². The van der Waals surface area contributed by atoms with Gasteiger partial charge in [0.2, 0.25) is 17.7 Å². The Bertz CT molecular complexity index is 591. The van der Waals surface area contributed by atoms with Gasteiger partial charge < -0.3 is 19.9 Å². The minimum atomic E-state index is -0.508. The fourth-order valence-electron chi connectivity index (χ4n) is 3.67. The third-order valence-corrected chi connectivity index (χ3v) is 6.18. The number of ether oxygens (including phenoxy) is 1. The number of esters is 1. The van der Waals surface area contributed by atoms with Gasteiger partial charge in [-0.2, -0.15) is 0 Å². The number of nitrogens with one attached hydrogen (secondary N) is 1. The molecule has 1 N–H and O–H groups in total. The minimum Gasteiger partial charge on any atom is -0.466 e. The Hall–Kier alpha value is -1.77. The largest absolute Gasteiger partial charge is 0.466 e. The van der Waals surface area contributed by atoms with Gasteiger partial charge in [0.25, 0.3) is 0 Å². The number of carbonyl (C=O) groups excluding carboxylic acids is 4.